The molecule has 0 saturated heterocycles. The van der Waals surface area contributed by atoms with Crippen LogP contribution in [-0.2, 0) is 0 Å². The third-order valence-electron chi connectivity index (χ3n) is 5.38. The van der Waals surface area contributed by atoms with E-state index in [2.05, 4.69) is 28.8 Å². The molecule has 4 aromatic carbocycles. The number of anilines is 1. The van der Waals surface area contributed by atoms with Crippen LogP contribution in [0.25, 0.3) is 33.3 Å². The van der Waals surface area contributed by atoms with Crippen molar-refractivity contribution in [3.05, 3.63) is 95.6 Å². The molecule has 162 valence electrons. The molecule has 5 nitrogen and oxygen atoms in total. The van der Waals surface area contributed by atoms with Crippen LogP contribution < -0.4 is 10.6 Å². The Morgan fingerprint density at radius 3 is 2.48 bits per heavy atom. The van der Waals surface area contributed by atoms with Gasteiger partial charge in [0.2, 0.25) is 5.89 Å². The van der Waals surface area contributed by atoms with Crippen LogP contribution in [-0.4, -0.2) is 16.0 Å². The second-order valence-corrected chi connectivity index (χ2v) is 8.42. The minimum absolute atomic E-state index is 0.219. The van der Waals surface area contributed by atoms with Gasteiger partial charge < -0.3 is 9.73 Å². The summed E-state index contributed by atoms with van der Waals surface area (Å²) in [5.41, 5.74) is 5.65. The number of hydrogen-bond acceptors (Lipinski definition) is 4. The number of rotatable bonds is 3. The van der Waals surface area contributed by atoms with Gasteiger partial charge in [0, 0.05) is 16.8 Å². The average molecular weight is 452 g/mol. The Balaban J connectivity index is 1.36. The lowest BCUT2D eigenvalue weighted by atomic mass is 10.0. The van der Waals surface area contributed by atoms with Crippen LogP contribution in [0, 0.1) is 13.8 Å². The van der Waals surface area contributed by atoms with Gasteiger partial charge in [-0.15, -0.1) is 0 Å². The Hall–Kier alpha value is -4.03. The standard InChI is InChI=1S/C27H21N3O2S/c1-16-12-17(2)14-19(13-16)25(31)30-27(33)28-20-10-11-24-23(15-20)29-26(32-24)22-9-5-7-18-6-3-4-8-21(18)22/h3-15H,1-2H3,(H2,28,30,31,33). The molecule has 0 aliphatic rings. The molecule has 0 radical (unpaired) electrons. The van der Waals surface area contributed by atoms with E-state index in [1.165, 1.54) is 0 Å². The first kappa shape index (κ1) is 20.8. The van der Waals surface area contributed by atoms with E-state index < -0.39 is 0 Å². The van der Waals surface area contributed by atoms with Crippen LogP contribution in [0.5, 0.6) is 0 Å². The summed E-state index contributed by atoms with van der Waals surface area (Å²) in [6.45, 7) is 3.92. The molecule has 0 spiro atoms. The van der Waals surface area contributed by atoms with Crippen LogP contribution in [0.15, 0.2) is 83.3 Å². The van der Waals surface area contributed by atoms with Crippen LogP contribution in [0.1, 0.15) is 21.5 Å². The van der Waals surface area contributed by atoms with Crippen molar-refractivity contribution >= 4 is 50.8 Å². The van der Waals surface area contributed by atoms with Crippen LogP contribution in [0.2, 0.25) is 0 Å². The fraction of sp³-hybridized carbons (Fsp3) is 0.0741. The Kier molecular flexibility index (Phi) is 5.36. The second-order valence-electron chi connectivity index (χ2n) is 8.01. The van der Waals surface area contributed by atoms with Gasteiger partial charge in [-0.3, -0.25) is 10.1 Å². The third kappa shape index (κ3) is 4.33. The molecule has 0 unspecified atom stereocenters. The quantitative estimate of drug-likeness (QED) is 0.311. The largest absolute Gasteiger partial charge is 0.436 e. The van der Waals surface area contributed by atoms with Gasteiger partial charge in [-0.2, -0.15) is 0 Å². The first-order valence-electron chi connectivity index (χ1n) is 10.6. The molecule has 0 atom stereocenters. The van der Waals surface area contributed by atoms with Gasteiger partial charge in [0.25, 0.3) is 5.91 Å². The topological polar surface area (TPSA) is 67.2 Å². The number of amides is 1. The van der Waals surface area contributed by atoms with Crippen LogP contribution in [0.3, 0.4) is 0 Å². The van der Waals surface area contributed by atoms with Crippen molar-refractivity contribution in [2.75, 3.05) is 5.32 Å². The number of nitrogens with zero attached hydrogens (tertiary/aromatic N) is 1. The highest BCUT2D eigenvalue weighted by molar-refractivity contribution is 7.80. The van der Waals surface area contributed by atoms with Gasteiger partial charge in [0.1, 0.15) is 5.52 Å². The predicted molar refractivity (Wildman–Crippen MR) is 137 cm³/mol. The summed E-state index contributed by atoms with van der Waals surface area (Å²) in [5, 5.41) is 8.23. The number of carbonyl (C=O) groups excluding carboxylic acids is 1. The Morgan fingerprint density at radius 2 is 1.67 bits per heavy atom. The van der Waals surface area contributed by atoms with E-state index in [9.17, 15) is 4.79 Å². The van der Waals surface area contributed by atoms with Crippen molar-refractivity contribution in [3.8, 4) is 11.5 Å². The van der Waals surface area contributed by atoms with Gasteiger partial charge in [-0.05, 0) is 73.2 Å². The minimum Gasteiger partial charge on any atom is -0.436 e. The number of thiocarbonyl (C=S) groups is 1. The van der Waals surface area contributed by atoms with E-state index in [1.807, 2.05) is 74.5 Å². The number of benzene rings is 4. The molecule has 0 aliphatic carbocycles. The first-order valence-corrected chi connectivity index (χ1v) is 11.0. The highest BCUT2D eigenvalue weighted by Crippen LogP contribution is 2.31. The lowest BCUT2D eigenvalue weighted by molar-refractivity contribution is 0.0977. The fourth-order valence-electron chi connectivity index (χ4n) is 3.98. The first-order chi connectivity index (χ1) is 16.0. The monoisotopic (exact) mass is 451 g/mol. The number of nitrogens with one attached hydrogen (secondary N) is 2. The molecule has 0 aliphatic heterocycles. The molecule has 2 N–H and O–H groups in total. The fourth-order valence-corrected chi connectivity index (χ4v) is 4.19. The molecule has 1 heterocycles. The molecular weight excluding hydrogens is 430 g/mol. The number of aryl methyl sites for hydroxylation is 2. The SMILES string of the molecule is Cc1cc(C)cc(C(=O)NC(=S)Nc2ccc3oc(-c4cccc5ccccc45)nc3c2)c1. The molecule has 5 rings (SSSR count). The molecule has 0 fully saturated rings. The normalized spacial score (nSPS) is 11.0. The van der Waals surface area contributed by atoms with Gasteiger partial charge in [0.15, 0.2) is 10.7 Å². The zero-order chi connectivity index (χ0) is 22.9. The number of aromatic nitrogens is 1. The van der Waals surface area contributed by atoms with E-state index in [1.54, 1.807) is 0 Å². The molecule has 5 aromatic rings. The molecule has 1 amide bonds. The molecule has 0 saturated carbocycles. The van der Waals surface area contributed by atoms with Crippen molar-refractivity contribution < 1.29 is 9.21 Å². The van der Waals surface area contributed by atoms with Crippen molar-refractivity contribution in [2.45, 2.75) is 13.8 Å². The van der Waals surface area contributed by atoms with E-state index in [0.717, 1.165) is 27.5 Å². The summed E-state index contributed by atoms with van der Waals surface area (Å²) in [5.74, 6) is 0.310. The summed E-state index contributed by atoms with van der Waals surface area (Å²) in [4.78, 5) is 17.3. The van der Waals surface area contributed by atoms with Crippen LogP contribution in [0.4, 0.5) is 5.69 Å². The highest BCUT2D eigenvalue weighted by Gasteiger charge is 2.13. The summed E-state index contributed by atoms with van der Waals surface area (Å²) in [6, 6.07) is 25.4. The smallest absolute Gasteiger partial charge is 0.257 e. The lowest BCUT2D eigenvalue weighted by Gasteiger charge is -2.10. The van der Waals surface area contributed by atoms with E-state index >= 15 is 0 Å². The molecule has 33 heavy (non-hydrogen) atoms. The van der Waals surface area contributed by atoms with Crippen molar-refractivity contribution in [2.24, 2.45) is 0 Å². The Morgan fingerprint density at radius 1 is 0.909 bits per heavy atom. The lowest BCUT2D eigenvalue weighted by Crippen LogP contribution is -2.34. The number of hydrogen-bond donors (Lipinski definition) is 2. The maximum atomic E-state index is 12.6. The summed E-state index contributed by atoms with van der Waals surface area (Å²) in [7, 11) is 0. The third-order valence-corrected chi connectivity index (χ3v) is 5.58. The molecule has 6 heteroatoms. The van der Waals surface area contributed by atoms with Gasteiger partial charge >= 0.3 is 0 Å². The van der Waals surface area contributed by atoms with Gasteiger partial charge in [-0.25, -0.2) is 4.98 Å². The van der Waals surface area contributed by atoms with Crippen molar-refractivity contribution in [3.63, 3.8) is 0 Å². The number of carbonyl (C=O) groups is 1. The zero-order valence-corrected chi connectivity index (χ0v) is 19.0. The summed E-state index contributed by atoms with van der Waals surface area (Å²) < 4.78 is 6.03. The average Bonchev–Trinajstić information content (AvgIpc) is 3.21. The van der Waals surface area contributed by atoms with Gasteiger partial charge in [0.05, 0.1) is 0 Å². The maximum absolute atomic E-state index is 12.6. The molecule has 1 aromatic heterocycles. The highest BCUT2D eigenvalue weighted by atomic mass is 32.1. The Labute approximate surface area is 196 Å². The number of oxazole rings is 1. The van der Waals surface area contributed by atoms with Gasteiger partial charge in [-0.1, -0.05) is 53.6 Å². The molecule has 0 bridgehead atoms. The Bertz CT molecular complexity index is 1510. The predicted octanol–water partition coefficient (Wildman–Crippen LogP) is 6.39. The minimum atomic E-state index is -0.250. The van der Waals surface area contributed by atoms with Crippen LogP contribution >= 0.6 is 12.2 Å². The zero-order valence-electron chi connectivity index (χ0n) is 18.2. The molecular formula is C27H21N3O2S. The van der Waals surface area contributed by atoms with E-state index in [0.29, 0.717) is 28.2 Å². The number of fused-ring (bicyclic) bond motifs is 2. The second kappa shape index (κ2) is 8.48. The summed E-state index contributed by atoms with van der Waals surface area (Å²) >= 11 is 5.35. The van der Waals surface area contributed by atoms with E-state index in [4.69, 9.17) is 21.6 Å². The van der Waals surface area contributed by atoms with Crippen molar-refractivity contribution in [1.82, 2.24) is 10.3 Å². The van der Waals surface area contributed by atoms with E-state index in [-0.39, 0.29) is 11.0 Å². The van der Waals surface area contributed by atoms with Crippen molar-refractivity contribution in [1.29, 1.82) is 0 Å². The summed E-state index contributed by atoms with van der Waals surface area (Å²) in [6.07, 6.45) is 0. The maximum Gasteiger partial charge on any atom is 0.257 e.